The molecule has 1 aliphatic heterocycles. The van der Waals surface area contributed by atoms with Crippen molar-refractivity contribution in [3.63, 3.8) is 0 Å². The van der Waals surface area contributed by atoms with E-state index in [4.69, 9.17) is 32.7 Å². The van der Waals surface area contributed by atoms with Crippen LogP contribution in [0.4, 0.5) is 18.9 Å². The van der Waals surface area contributed by atoms with E-state index in [0.717, 1.165) is 5.56 Å². The van der Waals surface area contributed by atoms with Gasteiger partial charge < -0.3 is 19.7 Å². The number of hydrogen-bond donors (Lipinski definition) is 1. The van der Waals surface area contributed by atoms with E-state index in [1.807, 2.05) is 11.4 Å². The topological polar surface area (TPSA) is 67.9 Å². The van der Waals surface area contributed by atoms with Crippen molar-refractivity contribution in [2.75, 3.05) is 25.7 Å². The highest BCUT2D eigenvalue weighted by Gasteiger charge is 2.48. The number of fused-ring (bicyclic) bond motifs is 1. The van der Waals surface area contributed by atoms with Gasteiger partial charge in [0.2, 0.25) is 5.91 Å². The highest BCUT2D eigenvalue weighted by Crippen LogP contribution is 2.46. The van der Waals surface area contributed by atoms with E-state index in [1.54, 1.807) is 49.3 Å². The first-order valence-electron chi connectivity index (χ1n) is 11.8. The Bertz CT molecular complexity index is 1430. The van der Waals surface area contributed by atoms with Gasteiger partial charge in [0, 0.05) is 32.9 Å². The number of alkyl halides is 3. The van der Waals surface area contributed by atoms with Crippen LogP contribution in [-0.2, 0) is 23.2 Å². The third-order valence-corrected chi connectivity index (χ3v) is 7.29. The van der Waals surface area contributed by atoms with Crippen LogP contribution < -0.4 is 19.7 Å². The first kappa shape index (κ1) is 28.6. The maximum Gasteiger partial charge on any atom is 0.405 e. The molecule has 206 valence electrons. The minimum Gasteiger partial charge on any atom is -0.497 e. The number of ether oxygens (including phenoxy) is 2. The summed E-state index contributed by atoms with van der Waals surface area (Å²) in [6.45, 7) is 0.488. The van der Waals surface area contributed by atoms with E-state index < -0.39 is 24.0 Å². The molecular formula is C28H25Cl2F3N2O4. The molecule has 0 bridgehead atoms. The quantitative estimate of drug-likeness (QED) is 0.337. The molecule has 3 aromatic carbocycles. The Kier molecular flexibility index (Phi) is 8.04. The van der Waals surface area contributed by atoms with Crippen LogP contribution in [0.25, 0.3) is 0 Å². The highest BCUT2D eigenvalue weighted by molar-refractivity contribution is 6.32. The summed E-state index contributed by atoms with van der Waals surface area (Å²) >= 11 is 12.8. The monoisotopic (exact) mass is 580 g/mol. The number of nitrogens with zero attached hydrogens (tertiary/aromatic N) is 1. The second kappa shape index (κ2) is 11.0. The Morgan fingerprint density at radius 3 is 2.41 bits per heavy atom. The third-order valence-electron chi connectivity index (χ3n) is 6.69. The number of anilines is 1. The summed E-state index contributed by atoms with van der Waals surface area (Å²) in [4.78, 5) is 28.0. The number of hydrogen-bond acceptors (Lipinski definition) is 4. The van der Waals surface area contributed by atoms with Crippen molar-refractivity contribution in [3.05, 3.63) is 86.9 Å². The number of benzene rings is 3. The van der Waals surface area contributed by atoms with Crippen LogP contribution >= 0.6 is 23.2 Å². The molecule has 0 saturated heterocycles. The van der Waals surface area contributed by atoms with E-state index in [1.165, 1.54) is 25.3 Å². The van der Waals surface area contributed by atoms with E-state index >= 15 is 0 Å². The Morgan fingerprint density at radius 1 is 1.00 bits per heavy atom. The summed E-state index contributed by atoms with van der Waals surface area (Å²) in [6, 6.07) is 14.7. The van der Waals surface area contributed by atoms with Gasteiger partial charge in [-0.05, 0) is 73.0 Å². The normalized spacial score (nSPS) is 16.7. The largest absolute Gasteiger partial charge is 0.497 e. The SMILES string of the molecule is COc1ccc(CN2C(=O)C(C)(Cc3cc(C(=O)NCC(F)(F)F)ccc3Cl)c3cc(Cl)ccc32)c(OC)c1. The van der Waals surface area contributed by atoms with Gasteiger partial charge in [0.1, 0.15) is 18.0 Å². The van der Waals surface area contributed by atoms with Crippen molar-refractivity contribution in [3.8, 4) is 11.5 Å². The van der Waals surface area contributed by atoms with Crippen molar-refractivity contribution in [1.82, 2.24) is 5.32 Å². The fourth-order valence-corrected chi connectivity index (χ4v) is 5.06. The minimum absolute atomic E-state index is 0.00108. The summed E-state index contributed by atoms with van der Waals surface area (Å²) in [6.07, 6.45) is -4.47. The standard InChI is InChI=1S/C28H25Cl2F3N2O4/c1-27(13-18-10-16(5-8-22(18)30)25(36)34-15-28(31,32)33)21-11-19(29)6-9-23(21)35(26(27)37)14-17-4-7-20(38-2)12-24(17)39-3/h4-12H,13-15H2,1-3H3,(H,34,36). The molecule has 4 rings (SSSR count). The Labute approximate surface area is 233 Å². The number of rotatable bonds is 8. The molecule has 2 amide bonds. The molecule has 1 heterocycles. The summed E-state index contributed by atoms with van der Waals surface area (Å²) in [5.74, 6) is 0.0199. The van der Waals surface area contributed by atoms with E-state index in [9.17, 15) is 22.8 Å². The van der Waals surface area contributed by atoms with Crippen LogP contribution in [0, 0.1) is 0 Å². The first-order chi connectivity index (χ1) is 18.4. The maximum atomic E-state index is 14.0. The average Bonchev–Trinajstić information content (AvgIpc) is 3.09. The van der Waals surface area contributed by atoms with Crippen LogP contribution in [0.2, 0.25) is 10.0 Å². The second-order valence-electron chi connectivity index (χ2n) is 9.34. The maximum absolute atomic E-state index is 14.0. The summed E-state index contributed by atoms with van der Waals surface area (Å²) in [7, 11) is 3.08. The third kappa shape index (κ3) is 5.94. The van der Waals surface area contributed by atoms with Crippen LogP contribution in [0.15, 0.2) is 54.6 Å². The second-order valence-corrected chi connectivity index (χ2v) is 10.2. The lowest BCUT2D eigenvalue weighted by atomic mass is 9.78. The Balaban J connectivity index is 1.69. The van der Waals surface area contributed by atoms with Gasteiger partial charge in [0.15, 0.2) is 0 Å². The first-order valence-corrected chi connectivity index (χ1v) is 12.6. The number of carbonyl (C=O) groups excluding carboxylic acids is 2. The molecule has 1 atom stereocenters. The van der Waals surface area contributed by atoms with Crippen LogP contribution in [-0.4, -0.2) is 38.8 Å². The lowest BCUT2D eigenvalue weighted by molar-refractivity contribution is -0.123. The Hall–Kier alpha value is -3.43. The molecule has 0 aromatic heterocycles. The van der Waals surface area contributed by atoms with Crippen LogP contribution in [0.5, 0.6) is 11.5 Å². The smallest absolute Gasteiger partial charge is 0.405 e. The lowest BCUT2D eigenvalue weighted by Gasteiger charge is -2.26. The van der Waals surface area contributed by atoms with Crippen LogP contribution in [0.1, 0.15) is 34.0 Å². The Morgan fingerprint density at radius 2 is 1.74 bits per heavy atom. The molecule has 39 heavy (non-hydrogen) atoms. The molecule has 1 N–H and O–H groups in total. The van der Waals surface area contributed by atoms with Gasteiger partial charge in [0.25, 0.3) is 5.91 Å². The van der Waals surface area contributed by atoms with Gasteiger partial charge in [-0.25, -0.2) is 0 Å². The van der Waals surface area contributed by atoms with Crippen LogP contribution in [0.3, 0.4) is 0 Å². The van der Waals surface area contributed by atoms with Gasteiger partial charge >= 0.3 is 6.18 Å². The van der Waals surface area contributed by atoms with Crippen molar-refractivity contribution < 1.29 is 32.2 Å². The van der Waals surface area contributed by atoms with Crippen molar-refractivity contribution in [1.29, 1.82) is 0 Å². The number of carbonyl (C=O) groups is 2. The molecule has 0 radical (unpaired) electrons. The van der Waals surface area contributed by atoms with E-state index in [-0.39, 0.29) is 29.5 Å². The fraction of sp³-hybridized carbons (Fsp3) is 0.286. The molecule has 1 unspecified atom stereocenters. The molecule has 6 nitrogen and oxygen atoms in total. The molecule has 0 fully saturated rings. The van der Waals surface area contributed by atoms with Gasteiger partial charge in [0.05, 0.1) is 26.2 Å². The van der Waals surface area contributed by atoms with Gasteiger partial charge in [-0.3, -0.25) is 9.59 Å². The summed E-state index contributed by atoms with van der Waals surface area (Å²) in [5, 5.41) is 2.56. The number of amides is 2. The molecular weight excluding hydrogens is 556 g/mol. The lowest BCUT2D eigenvalue weighted by Crippen LogP contribution is -2.39. The highest BCUT2D eigenvalue weighted by atomic mass is 35.5. The van der Waals surface area contributed by atoms with E-state index in [2.05, 4.69) is 0 Å². The number of methoxy groups -OCH3 is 2. The van der Waals surface area contributed by atoms with Crippen molar-refractivity contribution in [2.45, 2.75) is 31.5 Å². The number of halogens is 5. The molecule has 3 aromatic rings. The molecule has 0 saturated carbocycles. The molecule has 0 spiro atoms. The van der Waals surface area contributed by atoms with Crippen molar-refractivity contribution >= 4 is 40.7 Å². The molecule has 11 heteroatoms. The van der Waals surface area contributed by atoms with Gasteiger partial charge in [-0.2, -0.15) is 13.2 Å². The van der Waals surface area contributed by atoms with Crippen molar-refractivity contribution in [2.24, 2.45) is 0 Å². The van der Waals surface area contributed by atoms with Gasteiger partial charge in [-0.15, -0.1) is 0 Å². The zero-order valence-electron chi connectivity index (χ0n) is 21.3. The predicted molar refractivity (Wildman–Crippen MR) is 143 cm³/mol. The fourth-order valence-electron chi connectivity index (χ4n) is 4.70. The van der Waals surface area contributed by atoms with Gasteiger partial charge in [-0.1, -0.05) is 23.2 Å². The van der Waals surface area contributed by atoms with E-state index in [0.29, 0.717) is 33.3 Å². The summed E-state index contributed by atoms with van der Waals surface area (Å²) in [5.41, 5.74) is 1.36. The number of nitrogens with one attached hydrogen (secondary N) is 1. The molecule has 1 aliphatic rings. The average molecular weight is 581 g/mol. The zero-order valence-corrected chi connectivity index (χ0v) is 22.8. The zero-order chi connectivity index (χ0) is 28.5. The summed E-state index contributed by atoms with van der Waals surface area (Å²) < 4.78 is 48.5. The minimum atomic E-state index is -4.55. The molecule has 0 aliphatic carbocycles. The predicted octanol–water partition coefficient (Wildman–Crippen LogP) is 6.35.